The summed E-state index contributed by atoms with van der Waals surface area (Å²) in [6.45, 7) is 5.76. The van der Waals surface area contributed by atoms with E-state index in [0.29, 0.717) is 11.4 Å². The maximum atomic E-state index is 12.5. The van der Waals surface area contributed by atoms with E-state index < -0.39 is 10.0 Å². The molecule has 1 aromatic heterocycles. The fraction of sp³-hybridized carbons (Fsp3) is 0.400. The van der Waals surface area contributed by atoms with Gasteiger partial charge in [0, 0.05) is 24.3 Å². The number of ether oxygens (including phenoxy) is 1. The number of aromatic nitrogens is 2. The lowest BCUT2D eigenvalue weighted by Gasteiger charge is -2.09. The van der Waals surface area contributed by atoms with Gasteiger partial charge in [0.05, 0.1) is 12.8 Å². The number of rotatable bonds is 6. The third-order valence-electron chi connectivity index (χ3n) is 3.34. The van der Waals surface area contributed by atoms with Crippen LogP contribution >= 0.6 is 0 Å². The normalized spacial score (nSPS) is 11.9. The van der Waals surface area contributed by atoms with E-state index in [0.717, 1.165) is 5.56 Å². The Labute approximate surface area is 131 Å². The molecule has 2 rings (SSSR count). The van der Waals surface area contributed by atoms with Gasteiger partial charge in [-0.3, -0.25) is 4.68 Å². The second-order valence-corrected chi connectivity index (χ2v) is 7.02. The van der Waals surface area contributed by atoms with Gasteiger partial charge in [-0.15, -0.1) is 0 Å². The van der Waals surface area contributed by atoms with Gasteiger partial charge < -0.3 is 4.74 Å². The molecule has 2 aromatic rings. The van der Waals surface area contributed by atoms with E-state index in [1.165, 1.54) is 0 Å². The molecule has 0 atom stereocenters. The summed E-state index contributed by atoms with van der Waals surface area (Å²) in [6.07, 6.45) is 1.56. The first-order valence-electron chi connectivity index (χ1n) is 7.02. The summed E-state index contributed by atoms with van der Waals surface area (Å²) in [5.74, 6) is 0.653. The van der Waals surface area contributed by atoms with Crippen LogP contribution in [0.2, 0.25) is 0 Å². The smallest absolute Gasteiger partial charge is 0.244 e. The quantitative estimate of drug-likeness (QED) is 0.885. The Morgan fingerprint density at radius 2 is 2.00 bits per heavy atom. The molecule has 0 unspecified atom stereocenters. The molecule has 0 aliphatic heterocycles. The molecular weight excluding hydrogens is 302 g/mol. The van der Waals surface area contributed by atoms with E-state index in [1.54, 1.807) is 31.0 Å². The molecule has 1 aromatic carbocycles. The fourth-order valence-corrected chi connectivity index (χ4v) is 3.27. The zero-order chi connectivity index (χ0) is 16.3. The van der Waals surface area contributed by atoms with E-state index in [4.69, 9.17) is 4.74 Å². The Balaban J connectivity index is 2.21. The van der Waals surface area contributed by atoms with Crippen molar-refractivity contribution in [3.05, 3.63) is 41.7 Å². The van der Waals surface area contributed by atoms with Crippen LogP contribution in [0.15, 0.2) is 35.4 Å². The molecule has 0 radical (unpaired) electrons. The average Bonchev–Trinajstić information content (AvgIpc) is 2.88. The summed E-state index contributed by atoms with van der Waals surface area (Å²) in [6, 6.07) is 7.41. The minimum Gasteiger partial charge on any atom is -0.496 e. The monoisotopic (exact) mass is 323 g/mol. The van der Waals surface area contributed by atoms with Gasteiger partial charge in [-0.2, -0.15) is 5.10 Å². The van der Waals surface area contributed by atoms with Crippen LogP contribution in [0.4, 0.5) is 0 Å². The first-order chi connectivity index (χ1) is 10.3. The van der Waals surface area contributed by atoms with Gasteiger partial charge in [0.1, 0.15) is 10.6 Å². The van der Waals surface area contributed by atoms with Gasteiger partial charge in [0.2, 0.25) is 10.0 Å². The minimum absolute atomic E-state index is 0.108. The number of benzene rings is 1. The van der Waals surface area contributed by atoms with Crippen LogP contribution in [0.5, 0.6) is 5.75 Å². The predicted molar refractivity (Wildman–Crippen MR) is 84.4 cm³/mol. The molecule has 0 saturated heterocycles. The van der Waals surface area contributed by atoms with Crippen molar-refractivity contribution in [1.29, 1.82) is 0 Å². The van der Waals surface area contributed by atoms with E-state index in [1.807, 2.05) is 32.0 Å². The Kier molecular flexibility index (Phi) is 4.87. The molecule has 0 amide bonds. The lowest BCUT2D eigenvalue weighted by molar-refractivity contribution is 0.409. The van der Waals surface area contributed by atoms with Gasteiger partial charge in [0.25, 0.3) is 0 Å². The van der Waals surface area contributed by atoms with Crippen LogP contribution in [0.1, 0.15) is 31.1 Å². The molecule has 1 N–H and O–H groups in total. The average molecular weight is 323 g/mol. The summed E-state index contributed by atoms with van der Waals surface area (Å²) in [5, 5.41) is 4.24. The number of aryl methyl sites for hydroxylation is 1. The lowest BCUT2D eigenvalue weighted by atomic mass is 10.2. The standard InChI is InChI=1S/C15H21N3O3S/c1-11(2)18-10-15(12(3)17-18)22(19,20)16-9-13-7-5-6-8-14(13)21-4/h5-8,10-11,16H,9H2,1-4H3. The van der Waals surface area contributed by atoms with Gasteiger partial charge >= 0.3 is 0 Å². The van der Waals surface area contributed by atoms with Crippen LogP contribution in [-0.4, -0.2) is 25.3 Å². The number of methoxy groups -OCH3 is 1. The van der Waals surface area contributed by atoms with Crippen molar-refractivity contribution in [2.75, 3.05) is 7.11 Å². The Hall–Kier alpha value is -1.86. The van der Waals surface area contributed by atoms with Crippen molar-refractivity contribution in [2.24, 2.45) is 0 Å². The second kappa shape index (κ2) is 6.50. The highest BCUT2D eigenvalue weighted by Crippen LogP contribution is 2.19. The molecule has 120 valence electrons. The van der Waals surface area contributed by atoms with Crippen molar-refractivity contribution in [2.45, 2.75) is 38.3 Å². The SMILES string of the molecule is COc1ccccc1CNS(=O)(=O)c1cn(C(C)C)nc1C. The maximum absolute atomic E-state index is 12.5. The van der Waals surface area contributed by atoms with Crippen LogP contribution in [-0.2, 0) is 16.6 Å². The van der Waals surface area contributed by atoms with Crippen LogP contribution in [0.3, 0.4) is 0 Å². The first-order valence-corrected chi connectivity index (χ1v) is 8.50. The molecule has 22 heavy (non-hydrogen) atoms. The van der Waals surface area contributed by atoms with Crippen molar-refractivity contribution in [3.63, 3.8) is 0 Å². The number of para-hydroxylation sites is 1. The Bertz CT molecular complexity index is 751. The third-order valence-corrected chi connectivity index (χ3v) is 4.84. The third kappa shape index (κ3) is 3.48. The number of sulfonamides is 1. The number of nitrogens with zero attached hydrogens (tertiary/aromatic N) is 2. The Morgan fingerprint density at radius 3 is 2.59 bits per heavy atom. The topological polar surface area (TPSA) is 73.2 Å². The van der Waals surface area contributed by atoms with E-state index in [9.17, 15) is 8.42 Å². The van der Waals surface area contributed by atoms with Crippen LogP contribution in [0.25, 0.3) is 0 Å². The first kappa shape index (κ1) is 16.5. The van der Waals surface area contributed by atoms with Gasteiger partial charge in [-0.1, -0.05) is 18.2 Å². The highest BCUT2D eigenvalue weighted by atomic mass is 32.2. The molecular formula is C15H21N3O3S. The van der Waals surface area contributed by atoms with Gasteiger partial charge in [0.15, 0.2) is 0 Å². The van der Waals surface area contributed by atoms with Crippen molar-refractivity contribution in [3.8, 4) is 5.75 Å². The summed E-state index contributed by atoms with van der Waals surface area (Å²) in [4.78, 5) is 0.205. The largest absolute Gasteiger partial charge is 0.496 e. The molecule has 6 nitrogen and oxygen atoms in total. The van der Waals surface area contributed by atoms with Crippen molar-refractivity contribution < 1.29 is 13.2 Å². The van der Waals surface area contributed by atoms with Gasteiger partial charge in [-0.25, -0.2) is 13.1 Å². The maximum Gasteiger partial charge on any atom is 0.244 e. The number of nitrogens with one attached hydrogen (secondary N) is 1. The number of hydrogen-bond donors (Lipinski definition) is 1. The van der Waals surface area contributed by atoms with E-state index in [-0.39, 0.29) is 17.5 Å². The summed E-state index contributed by atoms with van der Waals surface area (Å²) < 4.78 is 34.4. The molecule has 0 spiro atoms. The van der Waals surface area contributed by atoms with Gasteiger partial charge in [-0.05, 0) is 26.8 Å². The Morgan fingerprint density at radius 1 is 1.32 bits per heavy atom. The minimum atomic E-state index is -3.62. The molecule has 0 fully saturated rings. The highest BCUT2D eigenvalue weighted by Gasteiger charge is 2.21. The van der Waals surface area contributed by atoms with Crippen LogP contribution in [0, 0.1) is 6.92 Å². The van der Waals surface area contributed by atoms with Crippen molar-refractivity contribution >= 4 is 10.0 Å². The highest BCUT2D eigenvalue weighted by molar-refractivity contribution is 7.89. The molecule has 0 aliphatic rings. The zero-order valence-corrected chi connectivity index (χ0v) is 14.0. The zero-order valence-electron chi connectivity index (χ0n) is 13.2. The lowest BCUT2D eigenvalue weighted by Crippen LogP contribution is -2.23. The number of hydrogen-bond acceptors (Lipinski definition) is 4. The molecule has 7 heteroatoms. The molecule has 0 aliphatic carbocycles. The molecule has 0 saturated carbocycles. The second-order valence-electron chi connectivity index (χ2n) is 5.29. The summed E-state index contributed by atoms with van der Waals surface area (Å²) in [7, 11) is -2.06. The van der Waals surface area contributed by atoms with Crippen LogP contribution < -0.4 is 9.46 Å². The fourth-order valence-electron chi connectivity index (χ4n) is 2.09. The summed E-state index contributed by atoms with van der Waals surface area (Å²) in [5.41, 5.74) is 1.27. The predicted octanol–water partition coefficient (Wildman–Crippen LogP) is 2.26. The molecule has 0 bridgehead atoms. The molecule has 1 heterocycles. The van der Waals surface area contributed by atoms with E-state index >= 15 is 0 Å². The van der Waals surface area contributed by atoms with Crippen molar-refractivity contribution in [1.82, 2.24) is 14.5 Å². The van der Waals surface area contributed by atoms with E-state index in [2.05, 4.69) is 9.82 Å². The summed E-state index contributed by atoms with van der Waals surface area (Å²) >= 11 is 0.